The van der Waals surface area contributed by atoms with Crippen LogP contribution in [0.4, 0.5) is 13.2 Å². The zero-order valence-corrected chi connectivity index (χ0v) is 11.7. The molecule has 0 atom stereocenters. The molecule has 23 heavy (non-hydrogen) atoms. The van der Waals surface area contributed by atoms with Crippen LogP contribution < -0.4 is 0 Å². The van der Waals surface area contributed by atoms with Gasteiger partial charge in [-0.2, -0.15) is 13.2 Å². The summed E-state index contributed by atoms with van der Waals surface area (Å²) in [6.45, 7) is 0. The fourth-order valence-electron chi connectivity index (χ4n) is 2.65. The van der Waals surface area contributed by atoms with Crippen molar-refractivity contribution in [1.82, 2.24) is 14.6 Å². The zero-order chi connectivity index (χ0) is 16.0. The number of nitrogens with zero attached hydrogens (tertiary/aromatic N) is 3. The van der Waals surface area contributed by atoms with Crippen LogP contribution in [0.1, 0.15) is 5.56 Å². The summed E-state index contributed by atoms with van der Waals surface area (Å²) < 4.78 is 41.0. The Labute approximate surface area is 129 Å². The third kappa shape index (κ3) is 2.23. The second-order valence-corrected chi connectivity index (χ2v) is 5.15. The molecule has 0 radical (unpaired) electrons. The van der Waals surface area contributed by atoms with E-state index in [1.807, 2.05) is 30.3 Å². The van der Waals surface area contributed by atoms with Gasteiger partial charge in [0, 0.05) is 17.1 Å². The molecule has 4 aromatic rings. The van der Waals surface area contributed by atoms with Gasteiger partial charge in [-0.3, -0.25) is 0 Å². The van der Waals surface area contributed by atoms with Crippen molar-refractivity contribution >= 4 is 16.4 Å². The van der Waals surface area contributed by atoms with E-state index in [0.29, 0.717) is 5.65 Å². The maximum atomic E-state index is 13.2. The van der Waals surface area contributed by atoms with E-state index in [4.69, 9.17) is 0 Å². The first-order chi connectivity index (χ1) is 11.0. The molecule has 2 aromatic carbocycles. The van der Waals surface area contributed by atoms with Crippen molar-refractivity contribution in [2.45, 2.75) is 6.18 Å². The molecule has 0 N–H and O–H groups in total. The Balaban J connectivity index is 2.00. The van der Waals surface area contributed by atoms with Crippen LogP contribution in [0, 0.1) is 0 Å². The van der Waals surface area contributed by atoms with Gasteiger partial charge in [-0.05, 0) is 17.5 Å². The molecule has 2 heterocycles. The predicted molar refractivity (Wildman–Crippen MR) is 80.9 cm³/mol. The van der Waals surface area contributed by atoms with Gasteiger partial charge in [0.2, 0.25) is 0 Å². The van der Waals surface area contributed by atoms with E-state index in [0.717, 1.165) is 16.8 Å². The number of rotatable bonds is 1. The van der Waals surface area contributed by atoms with Crippen molar-refractivity contribution in [3.8, 4) is 11.4 Å². The van der Waals surface area contributed by atoms with E-state index in [1.54, 1.807) is 12.3 Å². The highest BCUT2D eigenvalue weighted by Gasteiger charge is 2.34. The van der Waals surface area contributed by atoms with E-state index in [-0.39, 0.29) is 11.4 Å². The normalized spacial score (nSPS) is 12.1. The maximum absolute atomic E-state index is 13.2. The Bertz CT molecular complexity index is 1020. The van der Waals surface area contributed by atoms with Gasteiger partial charge in [-0.25, -0.2) is 9.50 Å². The summed E-state index contributed by atoms with van der Waals surface area (Å²) in [5.41, 5.74) is -0.219. The first-order valence-electron chi connectivity index (χ1n) is 6.95. The second kappa shape index (κ2) is 4.81. The van der Waals surface area contributed by atoms with Gasteiger partial charge < -0.3 is 0 Å². The van der Waals surface area contributed by atoms with E-state index in [9.17, 15) is 13.2 Å². The highest BCUT2D eigenvalue weighted by Crippen LogP contribution is 2.36. The van der Waals surface area contributed by atoms with Gasteiger partial charge in [0.1, 0.15) is 0 Å². The van der Waals surface area contributed by atoms with Gasteiger partial charge in [0.15, 0.2) is 11.5 Å². The van der Waals surface area contributed by atoms with E-state index in [2.05, 4.69) is 10.1 Å². The molecule has 0 aliphatic carbocycles. The summed E-state index contributed by atoms with van der Waals surface area (Å²) >= 11 is 0. The lowest BCUT2D eigenvalue weighted by Gasteiger charge is -2.09. The van der Waals surface area contributed by atoms with Crippen LogP contribution >= 0.6 is 0 Å². The average molecular weight is 313 g/mol. The molecule has 0 spiro atoms. The van der Waals surface area contributed by atoms with E-state index < -0.39 is 11.7 Å². The number of aromatic nitrogens is 3. The topological polar surface area (TPSA) is 30.2 Å². The van der Waals surface area contributed by atoms with Crippen LogP contribution in [0.25, 0.3) is 27.8 Å². The summed E-state index contributed by atoms with van der Waals surface area (Å²) in [6.07, 6.45) is -2.75. The lowest BCUT2D eigenvalue weighted by molar-refractivity contribution is -0.137. The number of pyridine rings is 1. The standard InChI is InChI=1S/C17H10F3N3/c18-17(19,20)14-8-4-3-7-13(14)15-21-16-12-6-2-1-5-11(12)9-10-23(16)22-15/h1-10H. The second-order valence-electron chi connectivity index (χ2n) is 5.15. The molecular formula is C17H10F3N3. The predicted octanol–water partition coefficient (Wildman–Crippen LogP) is 4.57. The molecule has 0 fully saturated rings. The fourth-order valence-corrected chi connectivity index (χ4v) is 2.65. The Morgan fingerprint density at radius 2 is 1.61 bits per heavy atom. The monoisotopic (exact) mass is 313 g/mol. The minimum absolute atomic E-state index is 0.0206. The molecule has 0 saturated heterocycles. The largest absolute Gasteiger partial charge is 0.417 e. The number of benzene rings is 2. The molecule has 4 rings (SSSR count). The van der Waals surface area contributed by atoms with E-state index >= 15 is 0 Å². The van der Waals surface area contributed by atoms with E-state index in [1.165, 1.54) is 16.6 Å². The maximum Gasteiger partial charge on any atom is 0.417 e. The molecule has 0 aliphatic rings. The molecule has 0 bridgehead atoms. The lowest BCUT2D eigenvalue weighted by atomic mass is 10.1. The number of alkyl halides is 3. The first-order valence-corrected chi connectivity index (χ1v) is 6.95. The van der Waals surface area contributed by atoms with Crippen LogP contribution in [0.5, 0.6) is 0 Å². The highest BCUT2D eigenvalue weighted by molar-refractivity contribution is 5.94. The summed E-state index contributed by atoms with van der Waals surface area (Å²) in [6, 6.07) is 14.8. The Morgan fingerprint density at radius 1 is 0.870 bits per heavy atom. The van der Waals surface area contributed by atoms with Crippen molar-refractivity contribution in [2.24, 2.45) is 0 Å². The molecule has 114 valence electrons. The smallest absolute Gasteiger partial charge is 0.220 e. The van der Waals surface area contributed by atoms with Gasteiger partial charge in [0.05, 0.1) is 5.56 Å². The van der Waals surface area contributed by atoms with Crippen molar-refractivity contribution in [3.63, 3.8) is 0 Å². The van der Waals surface area contributed by atoms with Gasteiger partial charge in [0.25, 0.3) is 0 Å². The third-order valence-corrected chi connectivity index (χ3v) is 3.70. The van der Waals surface area contributed by atoms with Crippen LogP contribution in [-0.4, -0.2) is 14.6 Å². The average Bonchev–Trinajstić information content (AvgIpc) is 2.98. The highest BCUT2D eigenvalue weighted by atomic mass is 19.4. The molecule has 3 nitrogen and oxygen atoms in total. The molecule has 6 heteroatoms. The number of hydrogen-bond acceptors (Lipinski definition) is 2. The summed E-state index contributed by atoms with van der Waals surface area (Å²) in [5.74, 6) is 0.0641. The summed E-state index contributed by atoms with van der Waals surface area (Å²) in [4.78, 5) is 4.34. The Hall–Kier alpha value is -2.89. The van der Waals surface area contributed by atoms with Crippen LogP contribution in [0.15, 0.2) is 60.8 Å². The number of hydrogen-bond donors (Lipinski definition) is 0. The zero-order valence-electron chi connectivity index (χ0n) is 11.7. The van der Waals surface area contributed by atoms with Crippen LogP contribution in [0.2, 0.25) is 0 Å². The first kappa shape index (κ1) is 13.8. The van der Waals surface area contributed by atoms with Gasteiger partial charge in [-0.15, -0.1) is 5.10 Å². The third-order valence-electron chi connectivity index (χ3n) is 3.70. The number of fused-ring (bicyclic) bond motifs is 3. The Morgan fingerprint density at radius 3 is 2.43 bits per heavy atom. The summed E-state index contributed by atoms with van der Waals surface area (Å²) in [7, 11) is 0. The molecule has 0 saturated carbocycles. The minimum atomic E-state index is -4.45. The van der Waals surface area contributed by atoms with Crippen molar-refractivity contribution in [2.75, 3.05) is 0 Å². The lowest BCUT2D eigenvalue weighted by Crippen LogP contribution is -2.07. The quantitative estimate of drug-likeness (QED) is 0.515. The van der Waals surface area contributed by atoms with Crippen molar-refractivity contribution in [3.05, 3.63) is 66.4 Å². The SMILES string of the molecule is FC(F)(F)c1ccccc1-c1nc2c3ccccc3ccn2n1. The van der Waals surface area contributed by atoms with Gasteiger partial charge in [-0.1, -0.05) is 42.5 Å². The Kier molecular flexibility index (Phi) is 2.87. The van der Waals surface area contributed by atoms with Crippen molar-refractivity contribution in [1.29, 1.82) is 0 Å². The summed E-state index contributed by atoms with van der Waals surface area (Å²) in [5, 5.41) is 6.02. The number of halogens is 3. The van der Waals surface area contributed by atoms with Crippen LogP contribution in [-0.2, 0) is 6.18 Å². The fraction of sp³-hybridized carbons (Fsp3) is 0.0588. The molecule has 0 aliphatic heterocycles. The molecule has 0 unspecified atom stereocenters. The minimum Gasteiger partial charge on any atom is -0.220 e. The molecule has 2 aromatic heterocycles. The van der Waals surface area contributed by atoms with Crippen molar-refractivity contribution < 1.29 is 13.2 Å². The molecule has 0 amide bonds. The van der Waals surface area contributed by atoms with Crippen LogP contribution in [0.3, 0.4) is 0 Å². The van der Waals surface area contributed by atoms with Gasteiger partial charge >= 0.3 is 6.18 Å². The molecular weight excluding hydrogens is 303 g/mol.